The van der Waals surface area contributed by atoms with Crippen LogP contribution in [0.3, 0.4) is 0 Å². The largest absolute Gasteiger partial charge is 0.507 e. The number of carbonyl (C=O) groups excluding carboxylic acids is 2. The number of para-hydroxylation sites is 1. The zero-order chi connectivity index (χ0) is 21.4. The number of hydrogen-bond donors (Lipinski definition) is 2. The second-order valence-corrected chi connectivity index (χ2v) is 7.43. The van der Waals surface area contributed by atoms with E-state index in [1.165, 1.54) is 0 Å². The maximum atomic E-state index is 13.0. The van der Waals surface area contributed by atoms with Gasteiger partial charge in [0.2, 0.25) is 0 Å². The SMILES string of the molecule is CCCN1C(=O)C(=O)/C(=C(/O)c2ccc(OC)cc2)C1c1c(C)[nH]c2ccccc12. The van der Waals surface area contributed by atoms with E-state index >= 15 is 0 Å². The molecule has 1 unspecified atom stereocenters. The monoisotopic (exact) mass is 404 g/mol. The zero-order valence-corrected chi connectivity index (χ0v) is 17.2. The Morgan fingerprint density at radius 1 is 1.13 bits per heavy atom. The van der Waals surface area contributed by atoms with Gasteiger partial charge >= 0.3 is 0 Å². The number of aliphatic hydroxyl groups excluding tert-OH is 1. The Hall–Kier alpha value is -3.54. The number of nitrogens with zero attached hydrogens (tertiary/aromatic N) is 1. The van der Waals surface area contributed by atoms with Gasteiger partial charge in [-0.1, -0.05) is 25.1 Å². The number of aryl methyl sites for hydroxylation is 1. The number of Topliss-reactive ketones (excluding diaryl/α,β-unsaturated/α-hetero) is 1. The van der Waals surface area contributed by atoms with Crippen LogP contribution in [0.4, 0.5) is 0 Å². The molecule has 4 rings (SSSR count). The van der Waals surface area contributed by atoms with E-state index in [-0.39, 0.29) is 11.3 Å². The van der Waals surface area contributed by atoms with Crippen LogP contribution in [-0.4, -0.2) is 40.3 Å². The number of methoxy groups -OCH3 is 1. The molecule has 0 saturated carbocycles. The third kappa shape index (κ3) is 3.05. The van der Waals surface area contributed by atoms with Gasteiger partial charge in [0.05, 0.1) is 18.7 Å². The fourth-order valence-corrected chi connectivity index (χ4v) is 4.21. The van der Waals surface area contributed by atoms with E-state index < -0.39 is 17.7 Å². The Balaban J connectivity index is 1.96. The van der Waals surface area contributed by atoms with Crippen molar-refractivity contribution >= 4 is 28.4 Å². The minimum atomic E-state index is -0.661. The third-order valence-corrected chi connectivity index (χ3v) is 5.58. The average molecular weight is 404 g/mol. The highest BCUT2D eigenvalue weighted by molar-refractivity contribution is 6.46. The van der Waals surface area contributed by atoms with Gasteiger partial charge in [-0.15, -0.1) is 0 Å². The quantitative estimate of drug-likeness (QED) is 0.377. The van der Waals surface area contributed by atoms with Crippen LogP contribution in [0.1, 0.15) is 36.2 Å². The Labute approximate surface area is 174 Å². The first kappa shape index (κ1) is 19.8. The van der Waals surface area contributed by atoms with Gasteiger partial charge < -0.3 is 19.7 Å². The summed E-state index contributed by atoms with van der Waals surface area (Å²) < 4.78 is 5.17. The van der Waals surface area contributed by atoms with Crippen LogP contribution in [0.5, 0.6) is 5.75 Å². The number of hydrogen-bond acceptors (Lipinski definition) is 4. The molecule has 1 aliphatic rings. The second-order valence-electron chi connectivity index (χ2n) is 7.43. The standard InChI is InChI=1S/C24H24N2O4/c1-4-13-26-21(19-14(2)25-18-8-6-5-7-17(18)19)20(23(28)24(26)29)22(27)15-9-11-16(30-3)12-10-15/h5-12,21,25,27H,4,13H2,1-3H3/b22-20+. The number of aromatic nitrogens is 1. The van der Waals surface area contributed by atoms with Gasteiger partial charge in [-0.05, 0) is 43.7 Å². The summed E-state index contributed by atoms with van der Waals surface area (Å²) in [6.45, 7) is 4.31. The molecule has 6 nitrogen and oxygen atoms in total. The van der Waals surface area contributed by atoms with Gasteiger partial charge in [0.1, 0.15) is 11.5 Å². The van der Waals surface area contributed by atoms with Gasteiger partial charge in [-0.25, -0.2) is 0 Å². The number of ether oxygens (including phenoxy) is 1. The number of rotatable bonds is 5. The predicted octanol–water partition coefficient (Wildman–Crippen LogP) is 4.32. The Kier molecular flexibility index (Phi) is 5.08. The van der Waals surface area contributed by atoms with Gasteiger partial charge in [0, 0.05) is 34.3 Å². The molecule has 30 heavy (non-hydrogen) atoms. The molecule has 1 saturated heterocycles. The molecule has 0 radical (unpaired) electrons. The van der Waals surface area contributed by atoms with Crippen molar-refractivity contribution in [3.05, 3.63) is 70.9 Å². The molecule has 1 aliphatic heterocycles. The summed E-state index contributed by atoms with van der Waals surface area (Å²) in [5.41, 5.74) is 3.22. The van der Waals surface area contributed by atoms with Crippen molar-refractivity contribution in [1.82, 2.24) is 9.88 Å². The van der Waals surface area contributed by atoms with E-state index in [1.54, 1.807) is 36.3 Å². The van der Waals surface area contributed by atoms with E-state index in [9.17, 15) is 14.7 Å². The zero-order valence-electron chi connectivity index (χ0n) is 17.2. The molecule has 1 atom stereocenters. The van der Waals surface area contributed by atoms with Crippen LogP contribution in [0, 0.1) is 6.92 Å². The van der Waals surface area contributed by atoms with E-state index in [2.05, 4.69) is 4.98 Å². The maximum absolute atomic E-state index is 13.0. The summed E-state index contributed by atoms with van der Waals surface area (Å²) in [4.78, 5) is 30.8. The normalized spacial score (nSPS) is 18.4. The summed E-state index contributed by atoms with van der Waals surface area (Å²) in [7, 11) is 1.56. The summed E-state index contributed by atoms with van der Waals surface area (Å²) in [6.07, 6.45) is 0.702. The molecular formula is C24H24N2O4. The first-order valence-corrected chi connectivity index (χ1v) is 9.98. The summed E-state index contributed by atoms with van der Waals surface area (Å²) >= 11 is 0. The van der Waals surface area contributed by atoms with Crippen molar-refractivity contribution in [1.29, 1.82) is 0 Å². The van der Waals surface area contributed by atoms with Crippen molar-refractivity contribution in [3.8, 4) is 5.75 Å². The molecule has 2 N–H and O–H groups in total. The highest BCUT2D eigenvalue weighted by Gasteiger charge is 2.47. The first-order chi connectivity index (χ1) is 14.5. The van der Waals surface area contributed by atoms with Crippen LogP contribution in [0.2, 0.25) is 0 Å². The number of aromatic amines is 1. The molecule has 0 spiro atoms. The van der Waals surface area contributed by atoms with Crippen LogP contribution in [0.25, 0.3) is 16.7 Å². The lowest BCUT2D eigenvalue weighted by molar-refractivity contribution is -0.139. The highest BCUT2D eigenvalue weighted by atomic mass is 16.5. The lowest BCUT2D eigenvalue weighted by Gasteiger charge is -2.25. The molecule has 154 valence electrons. The lowest BCUT2D eigenvalue weighted by Crippen LogP contribution is -2.30. The number of amides is 1. The van der Waals surface area contributed by atoms with E-state index in [0.717, 1.165) is 22.2 Å². The van der Waals surface area contributed by atoms with Crippen LogP contribution in [0.15, 0.2) is 54.1 Å². The van der Waals surface area contributed by atoms with E-state index in [1.807, 2.05) is 38.1 Å². The topological polar surface area (TPSA) is 82.6 Å². The molecular weight excluding hydrogens is 380 g/mol. The molecule has 1 aromatic heterocycles. The van der Waals surface area contributed by atoms with Crippen molar-refractivity contribution in [3.63, 3.8) is 0 Å². The molecule has 3 aromatic rings. The number of fused-ring (bicyclic) bond motifs is 1. The number of aliphatic hydroxyl groups is 1. The van der Waals surface area contributed by atoms with Crippen LogP contribution >= 0.6 is 0 Å². The minimum Gasteiger partial charge on any atom is -0.507 e. The molecule has 0 bridgehead atoms. The first-order valence-electron chi connectivity index (χ1n) is 9.98. The number of likely N-dealkylation sites (tertiary alicyclic amines) is 1. The summed E-state index contributed by atoms with van der Waals surface area (Å²) in [5.74, 6) is -0.778. The van der Waals surface area contributed by atoms with E-state index in [0.29, 0.717) is 24.3 Å². The third-order valence-electron chi connectivity index (χ3n) is 5.58. The van der Waals surface area contributed by atoms with Crippen molar-refractivity contribution in [2.45, 2.75) is 26.3 Å². The molecule has 2 heterocycles. The van der Waals surface area contributed by atoms with Crippen molar-refractivity contribution < 1.29 is 19.4 Å². The number of nitrogens with one attached hydrogen (secondary N) is 1. The van der Waals surface area contributed by atoms with Gasteiger partial charge in [0.15, 0.2) is 0 Å². The Morgan fingerprint density at radius 2 is 1.83 bits per heavy atom. The van der Waals surface area contributed by atoms with Crippen LogP contribution < -0.4 is 4.74 Å². The predicted molar refractivity (Wildman–Crippen MR) is 115 cm³/mol. The molecule has 2 aromatic carbocycles. The van der Waals surface area contributed by atoms with E-state index in [4.69, 9.17) is 4.74 Å². The molecule has 1 fully saturated rings. The van der Waals surface area contributed by atoms with Crippen molar-refractivity contribution in [2.24, 2.45) is 0 Å². The molecule has 1 amide bonds. The van der Waals surface area contributed by atoms with Crippen molar-refractivity contribution in [2.75, 3.05) is 13.7 Å². The van der Waals surface area contributed by atoms with Crippen LogP contribution in [-0.2, 0) is 9.59 Å². The fourth-order valence-electron chi connectivity index (χ4n) is 4.21. The lowest BCUT2D eigenvalue weighted by atomic mass is 9.93. The average Bonchev–Trinajstić information content (AvgIpc) is 3.21. The van der Waals surface area contributed by atoms with Gasteiger partial charge in [0.25, 0.3) is 11.7 Å². The number of H-pyrrole nitrogens is 1. The molecule has 0 aliphatic carbocycles. The Morgan fingerprint density at radius 3 is 2.50 bits per heavy atom. The summed E-state index contributed by atoms with van der Waals surface area (Å²) in [6, 6.07) is 13.9. The highest BCUT2D eigenvalue weighted by Crippen LogP contribution is 2.43. The number of carbonyl (C=O) groups is 2. The Bertz CT molecular complexity index is 1160. The molecule has 6 heteroatoms. The second kappa shape index (κ2) is 7.71. The smallest absolute Gasteiger partial charge is 0.295 e. The summed E-state index contributed by atoms with van der Waals surface area (Å²) in [5, 5.41) is 12.1. The number of benzene rings is 2. The minimum absolute atomic E-state index is 0.117. The maximum Gasteiger partial charge on any atom is 0.295 e. The number of ketones is 1. The van der Waals surface area contributed by atoms with Gasteiger partial charge in [-0.3, -0.25) is 9.59 Å². The van der Waals surface area contributed by atoms with Gasteiger partial charge in [-0.2, -0.15) is 0 Å². The fraction of sp³-hybridized carbons (Fsp3) is 0.250.